The van der Waals surface area contributed by atoms with Crippen LogP contribution in [0.1, 0.15) is 16.6 Å². The number of nitrogens with one attached hydrogen (secondary N) is 1. The minimum atomic E-state index is -0.482. The van der Waals surface area contributed by atoms with Gasteiger partial charge in [0, 0.05) is 24.2 Å². The van der Waals surface area contributed by atoms with E-state index in [0.29, 0.717) is 11.4 Å². The molecular weight excluding hydrogens is 292 g/mol. The molecule has 0 saturated carbocycles. The number of fused-ring (bicyclic) bond motifs is 1. The largest absolute Gasteiger partial charge is 0.366 e. The molecule has 0 spiro atoms. The van der Waals surface area contributed by atoms with Crippen LogP contribution in [-0.2, 0) is 0 Å². The first-order valence-electron chi connectivity index (χ1n) is 7.14. The van der Waals surface area contributed by atoms with Crippen LogP contribution in [-0.4, -0.2) is 20.7 Å². The lowest BCUT2D eigenvalue weighted by Crippen LogP contribution is -2.30. The number of anilines is 3. The molecule has 0 saturated heterocycles. The van der Waals surface area contributed by atoms with Gasteiger partial charge in [-0.1, -0.05) is 12.1 Å². The van der Waals surface area contributed by atoms with Crippen LogP contribution < -0.4 is 16.0 Å². The SMILES string of the molecule is NC(=O)c1ccnc(N2c3ccccc3NC2n2cccn2)c1. The summed E-state index contributed by atoms with van der Waals surface area (Å²) in [5.41, 5.74) is 7.73. The van der Waals surface area contributed by atoms with Crippen molar-refractivity contribution in [2.24, 2.45) is 5.73 Å². The van der Waals surface area contributed by atoms with Crippen LogP contribution in [0, 0.1) is 0 Å². The van der Waals surface area contributed by atoms with Gasteiger partial charge < -0.3 is 11.1 Å². The van der Waals surface area contributed by atoms with E-state index in [9.17, 15) is 4.79 Å². The first-order valence-corrected chi connectivity index (χ1v) is 7.14. The van der Waals surface area contributed by atoms with E-state index in [2.05, 4.69) is 15.4 Å². The van der Waals surface area contributed by atoms with Crippen molar-refractivity contribution in [1.82, 2.24) is 14.8 Å². The second-order valence-electron chi connectivity index (χ2n) is 5.16. The van der Waals surface area contributed by atoms with Gasteiger partial charge >= 0.3 is 0 Å². The third kappa shape index (κ3) is 2.18. The zero-order valence-corrected chi connectivity index (χ0v) is 12.1. The molecule has 3 heterocycles. The lowest BCUT2D eigenvalue weighted by molar-refractivity contribution is 0.1000. The van der Waals surface area contributed by atoms with Crippen molar-refractivity contribution in [1.29, 1.82) is 0 Å². The third-order valence-electron chi connectivity index (χ3n) is 3.75. The number of benzene rings is 1. The molecule has 1 unspecified atom stereocenters. The highest BCUT2D eigenvalue weighted by atomic mass is 16.1. The monoisotopic (exact) mass is 306 g/mol. The Bertz CT molecular complexity index is 861. The highest BCUT2D eigenvalue weighted by Gasteiger charge is 2.32. The zero-order chi connectivity index (χ0) is 15.8. The van der Waals surface area contributed by atoms with Gasteiger partial charge in [0.15, 0.2) is 0 Å². The molecule has 3 aromatic rings. The number of primary amides is 1. The Morgan fingerprint density at radius 3 is 2.83 bits per heavy atom. The number of carbonyl (C=O) groups is 1. The van der Waals surface area contributed by atoms with E-state index >= 15 is 0 Å². The maximum absolute atomic E-state index is 11.5. The lowest BCUT2D eigenvalue weighted by atomic mass is 10.2. The van der Waals surface area contributed by atoms with E-state index in [-0.39, 0.29) is 6.29 Å². The summed E-state index contributed by atoms with van der Waals surface area (Å²) in [4.78, 5) is 17.8. The van der Waals surface area contributed by atoms with Gasteiger partial charge in [0.2, 0.25) is 12.2 Å². The molecule has 1 aliphatic rings. The van der Waals surface area contributed by atoms with E-state index in [4.69, 9.17) is 5.73 Å². The molecule has 0 bridgehead atoms. The van der Waals surface area contributed by atoms with Crippen molar-refractivity contribution in [3.63, 3.8) is 0 Å². The van der Waals surface area contributed by atoms with Crippen LogP contribution in [0.3, 0.4) is 0 Å². The van der Waals surface area contributed by atoms with E-state index in [0.717, 1.165) is 11.4 Å². The molecular formula is C16H14N6O. The van der Waals surface area contributed by atoms with Gasteiger partial charge in [0.1, 0.15) is 5.82 Å². The summed E-state index contributed by atoms with van der Waals surface area (Å²) in [5, 5.41) is 7.71. The minimum absolute atomic E-state index is 0.266. The topological polar surface area (TPSA) is 89.1 Å². The van der Waals surface area contributed by atoms with Gasteiger partial charge in [0.25, 0.3) is 0 Å². The number of amides is 1. The molecule has 23 heavy (non-hydrogen) atoms. The molecule has 114 valence electrons. The first-order chi connectivity index (χ1) is 11.2. The summed E-state index contributed by atoms with van der Waals surface area (Å²) in [5.74, 6) is 0.143. The first kappa shape index (κ1) is 13.3. The maximum Gasteiger partial charge on any atom is 0.248 e. The summed E-state index contributed by atoms with van der Waals surface area (Å²) < 4.78 is 1.79. The number of rotatable bonds is 3. The van der Waals surface area contributed by atoms with Gasteiger partial charge in [0.05, 0.1) is 11.4 Å². The zero-order valence-electron chi connectivity index (χ0n) is 12.1. The average molecular weight is 306 g/mol. The summed E-state index contributed by atoms with van der Waals surface area (Å²) in [6, 6.07) is 13.0. The van der Waals surface area contributed by atoms with Gasteiger partial charge in [-0.15, -0.1) is 0 Å². The Morgan fingerprint density at radius 1 is 1.17 bits per heavy atom. The van der Waals surface area contributed by atoms with Crippen LogP contribution in [0.2, 0.25) is 0 Å². The predicted octanol–water partition coefficient (Wildman–Crippen LogP) is 2.10. The molecule has 7 nitrogen and oxygen atoms in total. The van der Waals surface area contributed by atoms with Crippen LogP contribution in [0.15, 0.2) is 61.1 Å². The van der Waals surface area contributed by atoms with Crippen molar-refractivity contribution < 1.29 is 4.79 Å². The van der Waals surface area contributed by atoms with Gasteiger partial charge in [-0.2, -0.15) is 5.10 Å². The minimum Gasteiger partial charge on any atom is -0.366 e. The third-order valence-corrected chi connectivity index (χ3v) is 3.75. The lowest BCUT2D eigenvalue weighted by Gasteiger charge is -2.26. The van der Waals surface area contributed by atoms with E-state index in [1.54, 1.807) is 29.2 Å². The molecule has 1 aromatic carbocycles. The molecule has 0 fully saturated rings. The van der Waals surface area contributed by atoms with E-state index in [1.165, 1.54) is 0 Å². The molecule has 7 heteroatoms. The van der Waals surface area contributed by atoms with E-state index in [1.807, 2.05) is 41.4 Å². The number of para-hydroxylation sites is 2. The Labute approximate surface area is 132 Å². The Hall–Kier alpha value is -3.35. The van der Waals surface area contributed by atoms with Crippen molar-refractivity contribution >= 4 is 23.1 Å². The Morgan fingerprint density at radius 2 is 2.04 bits per heavy atom. The van der Waals surface area contributed by atoms with Crippen LogP contribution >= 0.6 is 0 Å². The molecule has 4 rings (SSSR count). The molecule has 0 radical (unpaired) electrons. The van der Waals surface area contributed by atoms with Crippen LogP contribution in [0.4, 0.5) is 17.2 Å². The van der Waals surface area contributed by atoms with Gasteiger partial charge in [-0.25, -0.2) is 9.67 Å². The highest BCUT2D eigenvalue weighted by Crippen LogP contribution is 2.42. The number of nitrogens with two attached hydrogens (primary N) is 1. The second-order valence-corrected chi connectivity index (χ2v) is 5.16. The number of pyridine rings is 1. The standard InChI is InChI=1S/C16H14N6O/c17-15(23)11-6-8-18-14(10-11)22-13-5-2-1-4-12(13)20-16(22)21-9-3-7-19-21/h1-10,16,20H,(H2,17,23). The molecule has 1 amide bonds. The second kappa shape index (κ2) is 5.13. The summed E-state index contributed by atoms with van der Waals surface area (Å²) in [6.45, 7) is 0. The van der Waals surface area contributed by atoms with Crippen molar-refractivity contribution in [2.45, 2.75) is 6.29 Å². The quantitative estimate of drug-likeness (QED) is 0.773. The molecule has 1 atom stereocenters. The highest BCUT2D eigenvalue weighted by molar-refractivity contribution is 5.94. The average Bonchev–Trinajstić information content (AvgIpc) is 3.22. The fourth-order valence-electron chi connectivity index (χ4n) is 2.70. The summed E-state index contributed by atoms with van der Waals surface area (Å²) in [7, 11) is 0. The van der Waals surface area contributed by atoms with E-state index < -0.39 is 5.91 Å². The molecule has 3 N–H and O–H groups in total. The summed E-state index contributed by atoms with van der Waals surface area (Å²) >= 11 is 0. The normalized spacial score (nSPS) is 16.0. The number of hydrogen-bond donors (Lipinski definition) is 2. The summed E-state index contributed by atoms with van der Waals surface area (Å²) in [6.07, 6.45) is 4.90. The Balaban J connectivity index is 1.85. The van der Waals surface area contributed by atoms with Crippen molar-refractivity contribution in [3.8, 4) is 0 Å². The van der Waals surface area contributed by atoms with Crippen molar-refractivity contribution in [3.05, 3.63) is 66.6 Å². The maximum atomic E-state index is 11.5. The molecule has 2 aromatic heterocycles. The van der Waals surface area contributed by atoms with Crippen LogP contribution in [0.25, 0.3) is 0 Å². The van der Waals surface area contributed by atoms with Crippen molar-refractivity contribution in [2.75, 3.05) is 10.2 Å². The number of carbonyl (C=O) groups excluding carboxylic acids is 1. The number of nitrogens with zero attached hydrogens (tertiary/aromatic N) is 4. The smallest absolute Gasteiger partial charge is 0.248 e. The number of hydrogen-bond acceptors (Lipinski definition) is 5. The number of aromatic nitrogens is 3. The van der Waals surface area contributed by atoms with Crippen LogP contribution in [0.5, 0.6) is 0 Å². The predicted molar refractivity (Wildman–Crippen MR) is 86.2 cm³/mol. The molecule has 1 aliphatic heterocycles. The fourth-order valence-corrected chi connectivity index (χ4v) is 2.70. The van der Waals surface area contributed by atoms with Gasteiger partial charge in [-0.3, -0.25) is 9.69 Å². The fraction of sp³-hybridized carbons (Fsp3) is 0.0625. The molecule has 0 aliphatic carbocycles. The Kier molecular flexibility index (Phi) is 2.97. The van der Waals surface area contributed by atoms with Gasteiger partial charge in [-0.05, 0) is 30.3 Å².